The number of halogens is 1. The summed E-state index contributed by atoms with van der Waals surface area (Å²) in [6, 6.07) is 7.20. The van der Waals surface area contributed by atoms with Crippen molar-refractivity contribution in [1.29, 1.82) is 0 Å². The molecule has 0 amide bonds. The van der Waals surface area contributed by atoms with Crippen molar-refractivity contribution in [2.24, 2.45) is 0 Å². The monoisotopic (exact) mass is 280 g/mol. The van der Waals surface area contributed by atoms with Crippen molar-refractivity contribution in [2.75, 3.05) is 7.11 Å². The predicted molar refractivity (Wildman–Crippen MR) is 75.2 cm³/mol. The third-order valence-electron chi connectivity index (χ3n) is 2.92. The Bertz CT molecular complexity index is 602. The van der Waals surface area contributed by atoms with E-state index in [1.807, 2.05) is 19.9 Å². The molecule has 0 N–H and O–H groups in total. The average molecular weight is 281 g/mol. The van der Waals surface area contributed by atoms with Crippen LogP contribution < -0.4 is 4.74 Å². The second kappa shape index (κ2) is 5.12. The minimum Gasteiger partial charge on any atom is -0.496 e. The summed E-state index contributed by atoms with van der Waals surface area (Å²) in [4.78, 5) is 13.0. The van der Waals surface area contributed by atoms with Gasteiger partial charge in [-0.2, -0.15) is 0 Å². The molecule has 0 aliphatic rings. The number of carbonyl (C=O) groups is 1. The molecule has 4 heteroatoms. The maximum absolute atomic E-state index is 12.4. The SMILES string of the molecule is COc1c(C(=O)c2ccc(Cl)s2)ccc(C)c1C. The Morgan fingerprint density at radius 3 is 2.50 bits per heavy atom. The first-order valence-corrected chi connectivity index (χ1v) is 6.68. The standard InChI is InChI=1S/C14H13ClO2S/c1-8-4-5-10(14(17-3)9(8)2)13(16)11-6-7-12(15)18-11/h4-7H,1-3H3. The van der Waals surface area contributed by atoms with Gasteiger partial charge in [0.15, 0.2) is 0 Å². The minimum atomic E-state index is -0.0492. The van der Waals surface area contributed by atoms with Gasteiger partial charge in [0.05, 0.1) is 21.9 Å². The van der Waals surface area contributed by atoms with E-state index in [-0.39, 0.29) is 5.78 Å². The zero-order valence-corrected chi connectivity index (χ0v) is 12.0. The summed E-state index contributed by atoms with van der Waals surface area (Å²) in [5.41, 5.74) is 2.68. The number of hydrogen-bond acceptors (Lipinski definition) is 3. The first-order chi connectivity index (χ1) is 8.54. The van der Waals surface area contributed by atoms with E-state index < -0.39 is 0 Å². The van der Waals surface area contributed by atoms with Gasteiger partial charge < -0.3 is 4.74 Å². The van der Waals surface area contributed by atoms with Crippen LogP contribution >= 0.6 is 22.9 Å². The van der Waals surface area contributed by atoms with Crippen molar-refractivity contribution in [1.82, 2.24) is 0 Å². The molecule has 0 aliphatic heterocycles. The van der Waals surface area contributed by atoms with E-state index in [2.05, 4.69) is 0 Å². The number of methoxy groups -OCH3 is 1. The van der Waals surface area contributed by atoms with E-state index in [0.717, 1.165) is 11.1 Å². The Kier molecular flexibility index (Phi) is 3.73. The Balaban J connectivity index is 2.51. The molecule has 0 spiro atoms. The molecule has 18 heavy (non-hydrogen) atoms. The molecule has 0 fully saturated rings. The van der Waals surface area contributed by atoms with Crippen LogP contribution in [0.4, 0.5) is 0 Å². The molecule has 0 saturated heterocycles. The van der Waals surface area contributed by atoms with Gasteiger partial charge in [-0.15, -0.1) is 11.3 Å². The second-order valence-corrected chi connectivity index (χ2v) is 5.74. The van der Waals surface area contributed by atoms with Gasteiger partial charge in [0.2, 0.25) is 5.78 Å². The lowest BCUT2D eigenvalue weighted by molar-refractivity contribution is 0.103. The Hall–Kier alpha value is -1.32. The number of ketones is 1. The van der Waals surface area contributed by atoms with Gasteiger partial charge in [-0.3, -0.25) is 4.79 Å². The van der Waals surface area contributed by atoms with E-state index in [9.17, 15) is 4.79 Å². The third kappa shape index (κ3) is 2.28. The lowest BCUT2D eigenvalue weighted by Crippen LogP contribution is -2.04. The Labute approximate surface area is 115 Å². The molecule has 1 aromatic heterocycles. The number of benzene rings is 1. The topological polar surface area (TPSA) is 26.3 Å². The van der Waals surface area contributed by atoms with Crippen molar-refractivity contribution in [2.45, 2.75) is 13.8 Å². The van der Waals surface area contributed by atoms with Gasteiger partial charge in [-0.25, -0.2) is 0 Å². The van der Waals surface area contributed by atoms with E-state index in [4.69, 9.17) is 16.3 Å². The number of carbonyl (C=O) groups excluding carboxylic acids is 1. The molecule has 0 aliphatic carbocycles. The number of aryl methyl sites for hydroxylation is 1. The van der Waals surface area contributed by atoms with Gasteiger partial charge in [-0.1, -0.05) is 17.7 Å². The predicted octanol–water partition coefficient (Wildman–Crippen LogP) is 4.26. The highest BCUT2D eigenvalue weighted by Crippen LogP contribution is 2.31. The van der Waals surface area contributed by atoms with Crippen molar-refractivity contribution < 1.29 is 9.53 Å². The third-order valence-corrected chi connectivity index (χ3v) is 4.15. The first-order valence-electron chi connectivity index (χ1n) is 5.49. The largest absolute Gasteiger partial charge is 0.496 e. The molecule has 0 saturated carbocycles. The molecule has 2 aromatic rings. The van der Waals surface area contributed by atoms with Crippen molar-refractivity contribution >= 4 is 28.7 Å². The van der Waals surface area contributed by atoms with Gasteiger partial charge in [0, 0.05) is 0 Å². The molecule has 94 valence electrons. The summed E-state index contributed by atoms with van der Waals surface area (Å²) >= 11 is 7.14. The maximum atomic E-state index is 12.4. The van der Waals surface area contributed by atoms with Crippen LogP contribution in [0.3, 0.4) is 0 Å². The van der Waals surface area contributed by atoms with E-state index in [0.29, 0.717) is 20.5 Å². The highest BCUT2D eigenvalue weighted by molar-refractivity contribution is 7.18. The molecule has 0 unspecified atom stereocenters. The number of ether oxygens (including phenoxy) is 1. The Morgan fingerprint density at radius 1 is 1.22 bits per heavy atom. The van der Waals surface area contributed by atoms with Crippen LogP contribution in [0.2, 0.25) is 4.34 Å². The molecule has 2 rings (SSSR count). The van der Waals surface area contributed by atoms with Crippen LogP contribution in [-0.4, -0.2) is 12.9 Å². The van der Waals surface area contributed by atoms with E-state index >= 15 is 0 Å². The van der Waals surface area contributed by atoms with Crippen LogP contribution in [0.15, 0.2) is 24.3 Å². The minimum absolute atomic E-state index is 0.0492. The normalized spacial score (nSPS) is 10.4. The fourth-order valence-corrected chi connectivity index (χ4v) is 2.80. The van der Waals surface area contributed by atoms with Crippen molar-refractivity contribution in [3.63, 3.8) is 0 Å². The summed E-state index contributed by atoms with van der Waals surface area (Å²) in [5, 5.41) is 0. The van der Waals surface area contributed by atoms with Crippen molar-refractivity contribution in [3.05, 3.63) is 50.2 Å². The van der Waals surface area contributed by atoms with Crippen molar-refractivity contribution in [3.8, 4) is 5.75 Å². The summed E-state index contributed by atoms with van der Waals surface area (Å²) in [7, 11) is 1.58. The number of rotatable bonds is 3. The second-order valence-electron chi connectivity index (χ2n) is 4.02. The van der Waals surface area contributed by atoms with Crippen LogP contribution in [0, 0.1) is 13.8 Å². The number of hydrogen-bond donors (Lipinski definition) is 0. The lowest BCUT2D eigenvalue weighted by Gasteiger charge is -2.12. The van der Waals surface area contributed by atoms with Crippen LogP contribution in [0.25, 0.3) is 0 Å². The zero-order chi connectivity index (χ0) is 13.3. The highest BCUT2D eigenvalue weighted by Gasteiger charge is 2.18. The van der Waals surface area contributed by atoms with Gasteiger partial charge in [0.1, 0.15) is 5.75 Å². The summed E-state index contributed by atoms with van der Waals surface area (Å²) in [6.45, 7) is 3.94. The smallest absolute Gasteiger partial charge is 0.206 e. The summed E-state index contributed by atoms with van der Waals surface area (Å²) < 4.78 is 5.97. The highest BCUT2D eigenvalue weighted by atomic mass is 35.5. The molecule has 1 heterocycles. The molecule has 2 nitrogen and oxygen atoms in total. The quantitative estimate of drug-likeness (QED) is 0.786. The molecular formula is C14H13ClO2S. The van der Waals surface area contributed by atoms with Gasteiger partial charge >= 0.3 is 0 Å². The maximum Gasteiger partial charge on any atom is 0.206 e. The fraction of sp³-hybridized carbons (Fsp3) is 0.214. The van der Waals surface area contributed by atoms with Gasteiger partial charge in [0.25, 0.3) is 0 Å². The summed E-state index contributed by atoms with van der Waals surface area (Å²) in [6.07, 6.45) is 0. The van der Waals surface area contributed by atoms with Crippen LogP contribution in [-0.2, 0) is 0 Å². The van der Waals surface area contributed by atoms with Gasteiger partial charge in [-0.05, 0) is 43.2 Å². The van der Waals surface area contributed by atoms with Crippen LogP contribution in [0.5, 0.6) is 5.75 Å². The molecule has 0 bridgehead atoms. The van der Waals surface area contributed by atoms with Crippen LogP contribution in [0.1, 0.15) is 26.4 Å². The Morgan fingerprint density at radius 2 is 1.94 bits per heavy atom. The molecular weight excluding hydrogens is 268 g/mol. The average Bonchev–Trinajstić information content (AvgIpc) is 2.78. The van der Waals surface area contributed by atoms with E-state index in [1.165, 1.54) is 11.3 Å². The molecule has 0 atom stereocenters. The lowest BCUT2D eigenvalue weighted by atomic mass is 10.0. The van der Waals surface area contributed by atoms with E-state index in [1.54, 1.807) is 25.3 Å². The molecule has 0 radical (unpaired) electrons. The molecule has 1 aromatic carbocycles. The zero-order valence-electron chi connectivity index (χ0n) is 10.4. The fourth-order valence-electron chi connectivity index (χ4n) is 1.80. The first kappa shape index (κ1) is 13.1. The summed E-state index contributed by atoms with van der Waals surface area (Å²) in [5.74, 6) is 0.594. The number of thiophene rings is 1.